The Hall–Kier alpha value is -1.81. The van der Waals surface area contributed by atoms with Gasteiger partial charge in [-0.15, -0.1) is 24.0 Å². The number of rotatable bonds is 9. The van der Waals surface area contributed by atoms with E-state index >= 15 is 0 Å². The van der Waals surface area contributed by atoms with Crippen LogP contribution in [0.25, 0.3) is 0 Å². The van der Waals surface area contributed by atoms with Crippen molar-refractivity contribution in [2.45, 2.75) is 31.8 Å². The maximum atomic E-state index is 5.63. The summed E-state index contributed by atoms with van der Waals surface area (Å²) in [5.74, 6) is 1.79. The molecule has 1 aromatic carbocycles. The molecule has 29 heavy (non-hydrogen) atoms. The molecule has 3 rings (SSSR count). The van der Waals surface area contributed by atoms with Crippen molar-refractivity contribution >= 4 is 29.9 Å². The number of likely N-dealkylation sites (tertiary alicyclic amines) is 1. The summed E-state index contributed by atoms with van der Waals surface area (Å²) >= 11 is 0. The molecule has 8 heteroatoms. The van der Waals surface area contributed by atoms with Crippen molar-refractivity contribution < 1.29 is 4.74 Å². The van der Waals surface area contributed by atoms with Crippen LogP contribution in [-0.4, -0.2) is 60.7 Å². The SMILES string of the molecule is CN=C(NCCCn1ccnc1)NCC(c1ccccc1OC)N1CCCC1.I. The number of imidazole rings is 1. The lowest BCUT2D eigenvalue weighted by Crippen LogP contribution is -2.43. The molecular weight excluding hydrogens is 479 g/mol. The van der Waals surface area contributed by atoms with Gasteiger partial charge in [0.05, 0.1) is 19.5 Å². The number of halogens is 1. The molecule has 1 aliphatic rings. The minimum Gasteiger partial charge on any atom is -0.496 e. The molecule has 0 spiro atoms. The summed E-state index contributed by atoms with van der Waals surface area (Å²) in [6.07, 6.45) is 9.17. The highest BCUT2D eigenvalue weighted by atomic mass is 127. The number of nitrogens with zero attached hydrogens (tertiary/aromatic N) is 4. The third-order valence-corrected chi connectivity index (χ3v) is 5.21. The van der Waals surface area contributed by atoms with Gasteiger partial charge < -0.3 is 19.9 Å². The number of aromatic nitrogens is 2. The van der Waals surface area contributed by atoms with Gasteiger partial charge in [0.1, 0.15) is 5.75 Å². The Bertz CT molecular complexity index is 731. The number of methoxy groups -OCH3 is 1. The summed E-state index contributed by atoms with van der Waals surface area (Å²) in [6.45, 7) is 4.85. The summed E-state index contributed by atoms with van der Waals surface area (Å²) < 4.78 is 7.71. The maximum Gasteiger partial charge on any atom is 0.191 e. The number of aryl methyl sites for hydroxylation is 1. The Labute approximate surface area is 191 Å². The van der Waals surface area contributed by atoms with Crippen LogP contribution in [0.4, 0.5) is 0 Å². The van der Waals surface area contributed by atoms with Gasteiger partial charge in [-0.1, -0.05) is 18.2 Å². The van der Waals surface area contributed by atoms with E-state index in [-0.39, 0.29) is 30.0 Å². The average Bonchev–Trinajstić information content (AvgIpc) is 3.44. The fourth-order valence-electron chi connectivity index (χ4n) is 3.73. The summed E-state index contributed by atoms with van der Waals surface area (Å²) in [7, 11) is 3.56. The van der Waals surface area contributed by atoms with Gasteiger partial charge in [0.25, 0.3) is 0 Å². The molecule has 0 bridgehead atoms. The molecule has 2 N–H and O–H groups in total. The van der Waals surface area contributed by atoms with Gasteiger partial charge in [-0.05, 0) is 38.4 Å². The van der Waals surface area contributed by atoms with E-state index in [0.29, 0.717) is 0 Å². The van der Waals surface area contributed by atoms with Gasteiger partial charge in [-0.25, -0.2) is 4.98 Å². The fourth-order valence-corrected chi connectivity index (χ4v) is 3.73. The number of hydrogen-bond acceptors (Lipinski definition) is 4. The second-order valence-electron chi connectivity index (χ2n) is 7.03. The van der Waals surface area contributed by atoms with Gasteiger partial charge in [0, 0.05) is 44.6 Å². The van der Waals surface area contributed by atoms with Gasteiger partial charge in [-0.2, -0.15) is 0 Å². The highest BCUT2D eigenvalue weighted by Crippen LogP contribution is 2.31. The van der Waals surface area contributed by atoms with Crippen LogP contribution in [0.5, 0.6) is 5.75 Å². The smallest absolute Gasteiger partial charge is 0.191 e. The lowest BCUT2D eigenvalue weighted by molar-refractivity contribution is 0.239. The fraction of sp³-hybridized carbons (Fsp3) is 0.524. The largest absolute Gasteiger partial charge is 0.496 e. The standard InChI is InChI=1S/C21H32N6O.HI/c1-22-21(24-10-7-12-26-15-11-23-17-26)25-16-19(27-13-5-6-14-27)18-8-3-4-9-20(18)28-2;/h3-4,8-9,11,15,17,19H,5-7,10,12-14,16H2,1-2H3,(H2,22,24,25);1H. The van der Waals surface area contributed by atoms with Crippen molar-refractivity contribution in [2.75, 3.05) is 40.3 Å². The zero-order chi connectivity index (χ0) is 19.6. The van der Waals surface area contributed by atoms with Crippen LogP contribution >= 0.6 is 24.0 Å². The molecular formula is C21H33IN6O. The molecule has 0 amide bonds. The Kier molecular flexibility index (Phi) is 10.3. The molecule has 1 aliphatic heterocycles. The third kappa shape index (κ3) is 6.88. The molecule has 1 aromatic heterocycles. The van der Waals surface area contributed by atoms with E-state index in [4.69, 9.17) is 4.74 Å². The monoisotopic (exact) mass is 512 g/mol. The molecule has 1 fully saturated rings. The molecule has 0 saturated carbocycles. The van der Waals surface area contributed by atoms with Crippen LogP contribution in [0.3, 0.4) is 0 Å². The van der Waals surface area contributed by atoms with Crippen molar-refractivity contribution in [1.29, 1.82) is 0 Å². The van der Waals surface area contributed by atoms with E-state index in [9.17, 15) is 0 Å². The highest BCUT2D eigenvalue weighted by molar-refractivity contribution is 14.0. The summed E-state index contributed by atoms with van der Waals surface area (Å²) in [5.41, 5.74) is 1.23. The molecule has 0 aliphatic carbocycles. The van der Waals surface area contributed by atoms with E-state index in [2.05, 4.69) is 42.2 Å². The Morgan fingerprint density at radius 3 is 2.72 bits per heavy atom. The minimum atomic E-state index is 0. The number of para-hydroxylation sites is 1. The molecule has 2 aromatic rings. The summed E-state index contributed by atoms with van der Waals surface area (Å²) in [4.78, 5) is 11.0. The van der Waals surface area contributed by atoms with Crippen LogP contribution in [0.2, 0.25) is 0 Å². The maximum absolute atomic E-state index is 5.63. The zero-order valence-electron chi connectivity index (χ0n) is 17.4. The number of benzene rings is 1. The van der Waals surface area contributed by atoms with Gasteiger partial charge in [-0.3, -0.25) is 9.89 Å². The molecule has 7 nitrogen and oxygen atoms in total. The lowest BCUT2D eigenvalue weighted by atomic mass is 10.0. The molecule has 1 saturated heterocycles. The predicted molar refractivity (Wildman–Crippen MR) is 128 cm³/mol. The van der Waals surface area contributed by atoms with Crippen molar-refractivity contribution in [3.63, 3.8) is 0 Å². The molecule has 0 radical (unpaired) electrons. The van der Waals surface area contributed by atoms with E-state index < -0.39 is 0 Å². The van der Waals surface area contributed by atoms with Crippen LogP contribution in [-0.2, 0) is 6.54 Å². The Balaban J connectivity index is 0.00000300. The van der Waals surface area contributed by atoms with Gasteiger partial charge >= 0.3 is 0 Å². The second-order valence-corrected chi connectivity index (χ2v) is 7.03. The van der Waals surface area contributed by atoms with E-state index in [1.54, 1.807) is 7.11 Å². The van der Waals surface area contributed by atoms with E-state index in [0.717, 1.165) is 50.9 Å². The van der Waals surface area contributed by atoms with Gasteiger partial charge in [0.15, 0.2) is 5.96 Å². The number of nitrogens with one attached hydrogen (secondary N) is 2. The Morgan fingerprint density at radius 2 is 2.03 bits per heavy atom. The normalized spacial score (nSPS) is 15.6. The van der Waals surface area contributed by atoms with Crippen LogP contribution < -0.4 is 15.4 Å². The first-order valence-corrected chi connectivity index (χ1v) is 10.1. The molecule has 1 atom stereocenters. The quantitative estimate of drug-likeness (QED) is 0.234. The van der Waals surface area contributed by atoms with Crippen molar-refractivity contribution in [3.05, 3.63) is 48.5 Å². The first-order valence-electron chi connectivity index (χ1n) is 10.1. The highest BCUT2D eigenvalue weighted by Gasteiger charge is 2.25. The predicted octanol–water partition coefficient (Wildman–Crippen LogP) is 2.90. The lowest BCUT2D eigenvalue weighted by Gasteiger charge is -2.30. The summed E-state index contributed by atoms with van der Waals surface area (Å²) in [5, 5.41) is 6.93. The third-order valence-electron chi connectivity index (χ3n) is 5.21. The molecule has 2 heterocycles. The van der Waals surface area contributed by atoms with Gasteiger partial charge in [0.2, 0.25) is 0 Å². The summed E-state index contributed by atoms with van der Waals surface area (Å²) in [6, 6.07) is 8.59. The first kappa shape index (κ1) is 23.5. The number of guanidine groups is 1. The van der Waals surface area contributed by atoms with Crippen molar-refractivity contribution in [1.82, 2.24) is 25.1 Å². The topological polar surface area (TPSA) is 66.7 Å². The average molecular weight is 512 g/mol. The van der Waals surface area contributed by atoms with Crippen LogP contribution in [0.1, 0.15) is 30.9 Å². The van der Waals surface area contributed by atoms with Crippen molar-refractivity contribution in [3.8, 4) is 5.75 Å². The zero-order valence-corrected chi connectivity index (χ0v) is 19.7. The van der Waals surface area contributed by atoms with Crippen LogP contribution in [0, 0.1) is 0 Å². The Morgan fingerprint density at radius 1 is 1.24 bits per heavy atom. The van der Waals surface area contributed by atoms with E-state index in [1.807, 2.05) is 37.9 Å². The van der Waals surface area contributed by atoms with Crippen molar-refractivity contribution in [2.24, 2.45) is 4.99 Å². The number of hydrogen-bond donors (Lipinski definition) is 2. The first-order chi connectivity index (χ1) is 13.8. The van der Waals surface area contributed by atoms with E-state index in [1.165, 1.54) is 18.4 Å². The minimum absolute atomic E-state index is 0. The van der Waals surface area contributed by atoms with Crippen LogP contribution in [0.15, 0.2) is 48.0 Å². The molecule has 160 valence electrons. The number of ether oxygens (including phenoxy) is 1. The number of aliphatic imine (C=N–C) groups is 1. The molecule has 1 unspecified atom stereocenters. The second kappa shape index (κ2) is 12.7.